The second-order valence-electron chi connectivity index (χ2n) is 5.53. The molecule has 0 aliphatic rings. The molecule has 2 aromatic carbocycles. The van der Waals surface area contributed by atoms with Crippen molar-refractivity contribution >= 4 is 11.6 Å². The van der Waals surface area contributed by atoms with Gasteiger partial charge in [-0.05, 0) is 42.8 Å². The fraction of sp³-hybridized carbons (Fsp3) is 0.105. The smallest absolute Gasteiger partial charge is 0.417 e. The lowest BCUT2D eigenvalue weighted by atomic mass is 10.1. The van der Waals surface area contributed by atoms with Gasteiger partial charge in [-0.15, -0.1) is 0 Å². The number of furan rings is 1. The molecule has 25 heavy (non-hydrogen) atoms. The summed E-state index contributed by atoms with van der Waals surface area (Å²) in [6.07, 6.45) is -4.51. The van der Waals surface area contributed by atoms with E-state index in [1.54, 1.807) is 18.2 Å². The third-order valence-corrected chi connectivity index (χ3v) is 3.60. The average molecular weight is 345 g/mol. The molecule has 0 fully saturated rings. The second-order valence-corrected chi connectivity index (χ2v) is 5.53. The van der Waals surface area contributed by atoms with Crippen LogP contribution in [0.25, 0.3) is 11.3 Å². The molecule has 0 unspecified atom stereocenters. The topological polar surface area (TPSA) is 42.2 Å². The van der Waals surface area contributed by atoms with Gasteiger partial charge in [0.2, 0.25) is 0 Å². The Kier molecular flexibility index (Phi) is 4.35. The van der Waals surface area contributed by atoms with Crippen molar-refractivity contribution in [3.8, 4) is 11.3 Å². The van der Waals surface area contributed by atoms with Gasteiger partial charge in [-0.3, -0.25) is 4.79 Å². The molecule has 0 bridgehead atoms. The molecule has 0 atom stereocenters. The van der Waals surface area contributed by atoms with Crippen molar-refractivity contribution in [2.45, 2.75) is 13.1 Å². The molecule has 1 N–H and O–H groups in total. The van der Waals surface area contributed by atoms with E-state index < -0.39 is 17.6 Å². The quantitative estimate of drug-likeness (QED) is 0.678. The molecule has 0 aliphatic heterocycles. The Morgan fingerprint density at radius 1 is 1.00 bits per heavy atom. The number of benzene rings is 2. The molecule has 3 nitrogen and oxygen atoms in total. The van der Waals surface area contributed by atoms with Crippen LogP contribution < -0.4 is 5.32 Å². The Hall–Kier alpha value is -3.02. The molecule has 0 saturated heterocycles. The molecule has 0 aliphatic carbocycles. The Balaban J connectivity index is 1.87. The molecule has 0 spiro atoms. The van der Waals surface area contributed by atoms with Gasteiger partial charge >= 0.3 is 6.18 Å². The van der Waals surface area contributed by atoms with E-state index in [1.165, 1.54) is 30.3 Å². The van der Waals surface area contributed by atoms with Gasteiger partial charge in [0.05, 0.1) is 5.56 Å². The number of carbonyl (C=O) groups is 1. The molecule has 0 radical (unpaired) electrons. The van der Waals surface area contributed by atoms with Crippen LogP contribution in [0.15, 0.2) is 65.1 Å². The van der Waals surface area contributed by atoms with Crippen LogP contribution in [0.3, 0.4) is 0 Å². The van der Waals surface area contributed by atoms with Crippen LogP contribution in [0.4, 0.5) is 18.9 Å². The van der Waals surface area contributed by atoms with E-state index in [1.807, 2.05) is 13.0 Å². The summed E-state index contributed by atoms with van der Waals surface area (Å²) in [4.78, 5) is 12.2. The van der Waals surface area contributed by atoms with Crippen LogP contribution in [-0.4, -0.2) is 5.91 Å². The lowest BCUT2D eigenvalue weighted by Gasteiger charge is -2.10. The van der Waals surface area contributed by atoms with Crippen LogP contribution in [0.2, 0.25) is 0 Å². The maximum absolute atomic E-state index is 13.1. The normalized spacial score (nSPS) is 11.4. The van der Waals surface area contributed by atoms with Crippen molar-refractivity contribution in [2.75, 3.05) is 5.32 Å². The fourth-order valence-corrected chi connectivity index (χ4v) is 2.47. The van der Waals surface area contributed by atoms with E-state index in [2.05, 4.69) is 5.32 Å². The van der Waals surface area contributed by atoms with Crippen LogP contribution in [0, 0.1) is 6.92 Å². The van der Waals surface area contributed by atoms with Crippen molar-refractivity contribution in [1.29, 1.82) is 0 Å². The summed E-state index contributed by atoms with van der Waals surface area (Å²) in [5.41, 5.74) is 0.635. The third-order valence-electron chi connectivity index (χ3n) is 3.60. The highest BCUT2D eigenvalue weighted by molar-refractivity contribution is 6.02. The summed E-state index contributed by atoms with van der Waals surface area (Å²) in [7, 11) is 0. The maximum atomic E-state index is 13.1. The largest absolute Gasteiger partial charge is 0.451 e. The van der Waals surface area contributed by atoms with Gasteiger partial charge in [0.1, 0.15) is 5.76 Å². The van der Waals surface area contributed by atoms with Gasteiger partial charge in [0, 0.05) is 11.3 Å². The van der Waals surface area contributed by atoms with E-state index in [9.17, 15) is 18.0 Å². The summed E-state index contributed by atoms with van der Waals surface area (Å²) >= 11 is 0. The summed E-state index contributed by atoms with van der Waals surface area (Å²) in [5, 5.41) is 2.65. The summed E-state index contributed by atoms with van der Waals surface area (Å²) in [6, 6.07) is 15.0. The van der Waals surface area contributed by atoms with Crippen molar-refractivity contribution in [2.24, 2.45) is 0 Å². The molecule has 128 valence electrons. The predicted octanol–water partition coefficient (Wildman–Crippen LogP) is 5.53. The standard InChI is InChI=1S/C19H14F3NO2/c1-12-5-4-6-13(11-12)23-18(24)17-10-9-16(25-17)14-7-2-3-8-15(14)19(20,21)22/h2-11H,1H3,(H,23,24). The fourth-order valence-electron chi connectivity index (χ4n) is 2.47. The minimum absolute atomic E-state index is 0.0117. The predicted molar refractivity (Wildman–Crippen MR) is 88.3 cm³/mol. The van der Waals surface area contributed by atoms with E-state index in [0.29, 0.717) is 5.69 Å². The number of alkyl halides is 3. The molecule has 0 saturated carbocycles. The Bertz CT molecular complexity index is 913. The van der Waals surface area contributed by atoms with Gasteiger partial charge in [-0.1, -0.05) is 30.3 Å². The summed E-state index contributed by atoms with van der Waals surface area (Å²) in [5.74, 6) is -0.600. The molecule has 3 rings (SSSR count). The number of halogens is 3. The molecular formula is C19H14F3NO2. The highest BCUT2D eigenvalue weighted by atomic mass is 19.4. The minimum atomic E-state index is -4.51. The first kappa shape index (κ1) is 16.8. The first-order chi connectivity index (χ1) is 11.8. The van der Waals surface area contributed by atoms with Crippen molar-refractivity contribution in [1.82, 2.24) is 0 Å². The van der Waals surface area contributed by atoms with Gasteiger partial charge in [-0.2, -0.15) is 13.2 Å². The number of anilines is 1. The number of hydrogen-bond acceptors (Lipinski definition) is 2. The molecule has 1 amide bonds. The SMILES string of the molecule is Cc1cccc(NC(=O)c2ccc(-c3ccccc3C(F)(F)F)o2)c1. The molecule has 3 aromatic rings. The van der Waals surface area contributed by atoms with E-state index in [-0.39, 0.29) is 17.1 Å². The Morgan fingerprint density at radius 3 is 2.48 bits per heavy atom. The number of hydrogen-bond donors (Lipinski definition) is 1. The zero-order chi connectivity index (χ0) is 18.0. The van der Waals surface area contributed by atoms with Crippen LogP contribution >= 0.6 is 0 Å². The summed E-state index contributed by atoms with van der Waals surface area (Å²) in [6.45, 7) is 1.88. The lowest BCUT2D eigenvalue weighted by Crippen LogP contribution is -2.10. The lowest BCUT2D eigenvalue weighted by molar-refractivity contribution is -0.137. The van der Waals surface area contributed by atoms with Crippen LogP contribution in [0.5, 0.6) is 0 Å². The third kappa shape index (κ3) is 3.74. The van der Waals surface area contributed by atoms with E-state index in [4.69, 9.17) is 4.42 Å². The highest BCUT2D eigenvalue weighted by Crippen LogP contribution is 2.37. The molecule has 1 aromatic heterocycles. The molecular weight excluding hydrogens is 331 g/mol. The minimum Gasteiger partial charge on any atom is -0.451 e. The van der Waals surface area contributed by atoms with Crippen molar-refractivity contribution < 1.29 is 22.4 Å². The van der Waals surface area contributed by atoms with Crippen LogP contribution in [-0.2, 0) is 6.18 Å². The average Bonchev–Trinajstić information content (AvgIpc) is 3.04. The number of rotatable bonds is 3. The van der Waals surface area contributed by atoms with E-state index >= 15 is 0 Å². The summed E-state index contributed by atoms with van der Waals surface area (Å²) < 4.78 is 44.7. The first-order valence-electron chi connectivity index (χ1n) is 7.49. The van der Waals surface area contributed by atoms with E-state index in [0.717, 1.165) is 11.6 Å². The number of carbonyl (C=O) groups excluding carboxylic acids is 1. The van der Waals surface area contributed by atoms with Gasteiger partial charge in [-0.25, -0.2) is 0 Å². The van der Waals surface area contributed by atoms with Crippen molar-refractivity contribution in [3.63, 3.8) is 0 Å². The highest BCUT2D eigenvalue weighted by Gasteiger charge is 2.34. The zero-order valence-corrected chi connectivity index (χ0v) is 13.2. The van der Waals surface area contributed by atoms with Crippen molar-refractivity contribution in [3.05, 3.63) is 77.6 Å². The van der Waals surface area contributed by atoms with Gasteiger partial charge in [0.25, 0.3) is 5.91 Å². The number of nitrogens with one attached hydrogen (secondary N) is 1. The van der Waals surface area contributed by atoms with Crippen LogP contribution in [0.1, 0.15) is 21.7 Å². The first-order valence-corrected chi connectivity index (χ1v) is 7.49. The molecule has 6 heteroatoms. The van der Waals surface area contributed by atoms with Gasteiger partial charge < -0.3 is 9.73 Å². The maximum Gasteiger partial charge on any atom is 0.417 e. The zero-order valence-electron chi connectivity index (χ0n) is 13.2. The number of aryl methyl sites for hydroxylation is 1. The Labute approximate surface area is 142 Å². The Morgan fingerprint density at radius 2 is 1.76 bits per heavy atom. The second kappa shape index (κ2) is 6.47. The molecule has 1 heterocycles. The number of amides is 1. The monoisotopic (exact) mass is 345 g/mol. The van der Waals surface area contributed by atoms with Gasteiger partial charge in [0.15, 0.2) is 5.76 Å².